The number of carbonyl (C=O) groups excluding carboxylic acids is 2. The Morgan fingerprint density at radius 2 is 1.83 bits per heavy atom. The number of hydrogen-bond donors (Lipinski definition) is 1. The molecule has 0 radical (unpaired) electrons. The predicted octanol–water partition coefficient (Wildman–Crippen LogP) is 1.46. The molecule has 0 aromatic heterocycles. The molecule has 0 aliphatic heterocycles. The van der Waals surface area contributed by atoms with Crippen molar-refractivity contribution in [2.24, 2.45) is 5.92 Å². The lowest BCUT2D eigenvalue weighted by molar-refractivity contribution is -0.305. The van der Waals surface area contributed by atoms with Crippen LogP contribution in [0.4, 0.5) is 4.79 Å². The van der Waals surface area contributed by atoms with E-state index in [4.69, 9.17) is 4.74 Å². The fourth-order valence-corrected chi connectivity index (χ4v) is 1.58. The van der Waals surface area contributed by atoms with Crippen LogP contribution < -0.4 is 10.4 Å². The summed E-state index contributed by atoms with van der Waals surface area (Å²) in [6.45, 7) is 9.38. The largest absolute Gasteiger partial charge is 0.550 e. The zero-order valence-corrected chi connectivity index (χ0v) is 11.9. The summed E-state index contributed by atoms with van der Waals surface area (Å²) in [6.07, 6.45) is 0.505. The molecule has 106 valence electrons. The minimum atomic E-state index is -1.10. The number of nitrogens with one attached hydrogen (secondary N) is 1. The van der Waals surface area contributed by atoms with Crippen LogP contribution in [0.5, 0.6) is 0 Å². The van der Waals surface area contributed by atoms with Gasteiger partial charge in [0.1, 0.15) is 5.60 Å². The van der Waals surface area contributed by atoms with Gasteiger partial charge >= 0.3 is 6.09 Å². The first-order chi connectivity index (χ1) is 8.10. The Labute approximate surface area is 109 Å². The molecule has 5 nitrogen and oxygen atoms in total. The Bertz CT molecular complexity index is 281. The lowest BCUT2D eigenvalue weighted by Crippen LogP contribution is -2.40. The Balaban J connectivity index is 4.30. The summed E-state index contributed by atoms with van der Waals surface area (Å²) in [4.78, 5) is 22.0. The van der Waals surface area contributed by atoms with Gasteiger partial charge in [-0.1, -0.05) is 13.8 Å². The van der Waals surface area contributed by atoms with E-state index in [-0.39, 0.29) is 12.5 Å². The summed E-state index contributed by atoms with van der Waals surface area (Å²) in [7, 11) is 0. The van der Waals surface area contributed by atoms with E-state index >= 15 is 0 Å². The molecule has 0 spiro atoms. The molecule has 0 rings (SSSR count). The Morgan fingerprint density at radius 1 is 1.28 bits per heavy atom. The molecule has 0 aromatic rings. The fourth-order valence-electron chi connectivity index (χ4n) is 1.58. The molecule has 1 atom stereocenters. The normalized spacial score (nSPS) is 13.2. The van der Waals surface area contributed by atoms with E-state index in [1.165, 1.54) is 0 Å². The Kier molecular flexibility index (Phi) is 6.73. The monoisotopic (exact) mass is 258 g/mol. The maximum absolute atomic E-state index is 11.6. The van der Waals surface area contributed by atoms with Crippen molar-refractivity contribution in [3.63, 3.8) is 0 Å². The van der Waals surface area contributed by atoms with Crippen LogP contribution in [0.1, 0.15) is 53.9 Å². The maximum atomic E-state index is 11.6. The lowest BCUT2D eigenvalue weighted by atomic mass is 10.00. The SMILES string of the molecule is CC(C)C[C@@H](CCC(=O)[O-])NC(=O)OC(C)(C)C. The third-order valence-corrected chi connectivity index (χ3v) is 2.17. The molecular formula is C13H24NO4-. The second-order valence-electron chi connectivity index (χ2n) is 5.88. The molecule has 0 saturated heterocycles. The third-order valence-electron chi connectivity index (χ3n) is 2.17. The second-order valence-corrected chi connectivity index (χ2v) is 5.88. The number of ether oxygens (including phenoxy) is 1. The van der Waals surface area contributed by atoms with Gasteiger partial charge in [0.25, 0.3) is 0 Å². The zero-order valence-electron chi connectivity index (χ0n) is 11.9. The first-order valence-electron chi connectivity index (χ1n) is 6.29. The van der Waals surface area contributed by atoms with Gasteiger partial charge in [-0.3, -0.25) is 0 Å². The molecule has 0 bridgehead atoms. The molecule has 5 heteroatoms. The number of carbonyl (C=O) groups is 2. The van der Waals surface area contributed by atoms with Crippen LogP contribution in [-0.4, -0.2) is 23.7 Å². The predicted molar refractivity (Wildman–Crippen MR) is 66.9 cm³/mol. The van der Waals surface area contributed by atoms with Gasteiger partial charge in [-0.15, -0.1) is 0 Å². The van der Waals surface area contributed by atoms with Crippen LogP contribution in [0.25, 0.3) is 0 Å². The number of rotatable bonds is 6. The average Bonchev–Trinajstić information content (AvgIpc) is 2.09. The van der Waals surface area contributed by atoms with Gasteiger partial charge in [-0.25, -0.2) is 4.79 Å². The van der Waals surface area contributed by atoms with Gasteiger partial charge in [0, 0.05) is 12.0 Å². The van der Waals surface area contributed by atoms with E-state index in [0.29, 0.717) is 18.8 Å². The van der Waals surface area contributed by atoms with E-state index < -0.39 is 17.7 Å². The van der Waals surface area contributed by atoms with Crippen molar-refractivity contribution in [2.75, 3.05) is 0 Å². The summed E-state index contributed by atoms with van der Waals surface area (Å²) < 4.78 is 5.14. The third kappa shape index (κ3) is 9.93. The van der Waals surface area contributed by atoms with Gasteiger partial charge in [0.05, 0.1) is 0 Å². The van der Waals surface area contributed by atoms with Gasteiger partial charge in [0.15, 0.2) is 0 Å². The summed E-state index contributed by atoms with van der Waals surface area (Å²) in [5, 5.41) is 13.2. The molecule has 1 amide bonds. The number of carboxylic acids is 1. The highest BCUT2D eigenvalue weighted by atomic mass is 16.6. The second kappa shape index (κ2) is 7.24. The minimum absolute atomic E-state index is 0.0623. The highest BCUT2D eigenvalue weighted by Gasteiger charge is 2.19. The number of aliphatic carboxylic acids is 1. The van der Waals surface area contributed by atoms with Crippen molar-refractivity contribution in [3.05, 3.63) is 0 Å². The van der Waals surface area contributed by atoms with Crippen LogP contribution >= 0.6 is 0 Å². The molecule has 0 aliphatic carbocycles. The van der Waals surface area contributed by atoms with Crippen molar-refractivity contribution in [1.29, 1.82) is 0 Å². The van der Waals surface area contributed by atoms with Gasteiger partial charge < -0.3 is 20.0 Å². The van der Waals surface area contributed by atoms with Crippen LogP contribution in [0, 0.1) is 5.92 Å². The zero-order chi connectivity index (χ0) is 14.3. The smallest absolute Gasteiger partial charge is 0.407 e. The topological polar surface area (TPSA) is 78.5 Å². The molecule has 1 N–H and O–H groups in total. The van der Waals surface area contributed by atoms with E-state index in [9.17, 15) is 14.7 Å². The van der Waals surface area contributed by atoms with Gasteiger partial charge in [0.2, 0.25) is 0 Å². The standard InChI is InChI=1S/C13H25NO4/c1-9(2)8-10(6-7-11(15)16)14-12(17)18-13(3,4)5/h9-10H,6-8H2,1-5H3,(H,14,17)(H,15,16)/p-1/t10-/m1/s1. The van der Waals surface area contributed by atoms with Crippen LogP contribution in [-0.2, 0) is 9.53 Å². The highest BCUT2D eigenvalue weighted by molar-refractivity contribution is 5.68. The number of amides is 1. The molecule has 0 heterocycles. The van der Waals surface area contributed by atoms with E-state index in [1.807, 2.05) is 13.8 Å². The average molecular weight is 258 g/mol. The van der Waals surface area contributed by atoms with Crippen molar-refractivity contribution in [1.82, 2.24) is 5.32 Å². The quantitative estimate of drug-likeness (QED) is 0.782. The van der Waals surface area contributed by atoms with Crippen molar-refractivity contribution in [2.45, 2.75) is 65.5 Å². The molecule has 0 saturated carbocycles. The molecule has 0 aromatic carbocycles. The minimum Gasteiger partial charge on any atom is -0.550 e. The fraction of sp³-hybridized carbons (Fsp3) is 0.846. The van der Waals surface area contributed by atoms with Crippen molar-refractivity contribution in [3.8, 4) is 0 Å². The Morgan fingerprint density at radius 3 is 2.22 bits per heavy atom. The first kappa shape index (κ1) is 16.7. The van der Waals surface area contributed by atoms with E-state index in [0.717, 1.165) is 0 Å². The van der Waals surface area contributed by atoms with Crippen molar-refractivity contribution >= 4 is 12.1 Å². The molecule has 0 aliphatic rings. The first-order valence-corrected chi connectivity index (χ1v) is 6.29. The van der Waals surface area contributed by atoms with Crippen LogP contribution in [0.2, 0.25) is 0 Å². The number of carboxylic acid groups (broad SMARTS) is 1. The summed E-state index contributed by atoms with van der Waals surface area (Å²) in [6, 6.07) is -0.197. The van der Waals surface area contributed by atoms with Gasteiger partial charge in [-0.2, -0.15) is 0 Å². The van der Waals surface area contributed by atoms with Crippen molar-refractivity contribution < 1.29 is 19.4 Å². The summed E-state index contributed by atoms with van der Waals surface area (Å²) in [5.41, 5.74) is -0.555. The lowest BCUT2D eigenvalue weighted by Gasteiger charge is -2.24. The van der Waals surface area contributed by atoms with Gasteiger partial charge in [-0.05, 0) is 46.0 Å². The molecular weight excluding hydrogens is 234 g/mol. The van der Waals surface area contributed by atoms with Crippen LogP contribution in [0.15, 0.2) is 0 Å². The van der Waals surface area contributed by atoms with E-state index in [2.05, 4.69) is 5.32 Å². The number of hydrogen-bond acceptors (Lipinski definition) is 4. The highest BCUT2D eigenvalue weighted by Crippen LogP contribution is 2.12. The Hall–Kier alpha value is -1.26. The molecule has 0 unspecified atom stereocenters. The van der Waals surface area contributed by atoms with E-state index in [1.54, 1.807) is 20.8 Å². The van der Waals surface area contributed by atoms with Crippen LogP contribution in [0.3, 0.4) is 0 Å². The number of alkyl carbamates (subject to hydrolysis) is 1. The summed E-state index contributed by atoms with van der Waals surface area (Å²) in [5.74, 6) is -0.735. The molecule has 0 fully saturated rings. The molecule has 18 heavy (non-hydrogen) atoms. The maximum Gasteiger partial charge on any atom is 0.407 e. The summed E-state index contributed by atoms with van der Waals surface area (Å²) >= 11 is 0.